The third-order valence-corrected chi connectivity index (χ3v) is 3.93. The van der Waals surface area contributed by atoms with Gasteiger partial charge in [-0.3, -0.25) is 4.79 Å². The summed E-state index contributed by atoms with van der Waals surface area (Å²) in [7, 11) is 2.16. The van der Waals surface area contributed by atoms with E-state index < -0.39 is 0 Å². The Hall–Kier alpha value is -1.35. The molecular formula is C16H24N2O. The van der Waals surface area contributed by atoms with Gasteiger partial charge in [0.05, 0.1) is 6.04 Å². The van der Waals surface area contributed by atoms with Gasteiger partial charge in [-0.05, 0) is 37.9 Å². The molecule has 1 fully saturated rings. The molecule has 1 aliphatic rings. The molecule has 1 aliphatic heterocycles. The fourth-order valence-corrected chi connectivity index (χ4v) is 2.89. The average molecular weight is 260 g/mol. The lowest BCUT2D eigenvalue weighted by Gasteiger charge is -2.35. The zero-order chi connectivity index (χ0) is 13.7. The summed E-state index contributed by atoms with van der Waals surface area (Å²) < 4.78 is 0. The molecule has 1 saturated heterocycles. The number of likely N-dealkylation sites (tertiary alicyclic amines) is 1. The van der Waals surface area contributed by atoms with Crippen LogP contribution in [0.5, 0.6) is 0 Å². The van der Waals surface area contributed by atoms with Gasteiger partial charge >= 0.3 is 0 Å². The maximum absolute atomic E-state index is 11.8. The minimum atomic E-state index is 0.141. The summed E-state index contributed by atoms with van der Waals surface area (Å²) in [6, 6.07) is 10.5. The average Bonchev–Trinajstić information content (AvgIpc) is 2.45. The summed E-state index contributed by atoms with van der Waals surface area (Å²) in [5.41, 5.74) is 1.23. The normalized spacial score (nSPS) is 21.9. The molecule has 1 heterocycles. The highest BCUT2D eigenvalue weighted by Crippen LogP contribution is 2.29. The molecule has 0 bridgehead atoms. The molecule has 0 radical (unpaired) electrons. The number of benzene rings is 1. The van der Waals surface area contributed by atoms with E-state index in [0.717, 1.165) is 6.54 Å². The lowest BCUT2D eigenvalue weighted by Crippen LogP contribution is -2.41. The maximum atomic E-state index is 11.8. The van der Waals surface area contributed by atoms with E-state index in [1.807, 2.05) is 25.1 Å². The van der Waals surface area contributed by atoms with Gasteiger partial charge in [0.2, 0.25) is 5.91 Å². The molecular weight excluding hydrogens is 236 g/mol. The van der Waals surface area contributed by atoms with Gasteiger partial charge in [0.15, 0.2) is 0 Å². The maximum Gasteiger partial charge on any atom is 0.220 e. The van der Waals surface area contributed by atoms with E-state index in [-0.39, 0.29) is 11.9 Å². The summed E-state index contributed by atoms with van der Waals surface area (Å²) >= 11 is 0. The minimum Gasteiger partial charge on any atom is -0.349 e. The van der Waals surface area contributed by atoms with Gasteiger partial charge in [-0.1, -0.05) is 37.3 Å². The Morgan fingerprint density at radius 1 is 1.42 bits per heavy atom. The van der Waals surface area contributed by atoms with Crippen LogP contribution in [0.4, 0.5) is 0 Å². The highest BCUT2D eigenvalue weighted by molar-refractivity contribution is 5.76. The summed E-state index contributed by atoms with van der Waals surface area (Å²) in [5.74, 6) is 0.652. The van der Waals surface area contributed by atoms with Crippen LogP contribution in [-0.4, -0.2) is 30.9 Å². The predicted octanol–water partition coefficient (Wildman–Crippen LogP) is 2.60. The monoisotopic (exact) mass is 260 g/mol. The predicted molar refractivity (Wildman–Crippen MR) is 77.8 cm³/mol. The number of amides is 1. The standard InChI is InChI=1S/C16H24N2O/c1-3-15(19)17-16(13-8-5-4-6-9-13)14-10-7-11-18(2)12-14/h4-6,8-9,14,16H,3,7,10-12H2,1-2H3,(H,17,19). The molecule has 2 rings (SSSR count). The number of carbonyl (C=O) groups is 1. The van der Waals surface area contributed by atoms with Crippen molar-refractivity contribution in [1.29, 1.82) is 0 Å². The van der Waals surface area contributed by atoms with Crippen molar-refractivity contribution in [2.24, 2.45) is 5.92 Å². The van der Waals surface area contributed by atoms with Crippen molar-refractivity contribution in [1.82, 2.24) is 10.2 Å². The molecule has 2 atom stereocenters. The summed E-state index contributed by atoms with van der Waals surface area (Å²) in [4.78, 5) is 14.2. The highest BCUT2D eigenvalue weighted by atomic mass is 16.1. The smallest absolute Gasteiger partial charge is 0.220 e. The second kappa shape index (κ2) is 6.71. The van der Waals surface area contributed by atoms with Crippen LogP contribution in [0.25, 0.3) is 0 Å². The fraction of sp³-hybridized carbons (Fsp3) is 0.562. The van der Waals surface area contributed by atoms with Crippen LogP contribution in [-0.2, 0) is 4.79 Å². The van der Waals surface area contributed by atoms with Gasteiger partial charge in [0.25, 0.3) is 0 Å². The van der Waals surface area contributed by atoms with Crippen molar-refractivity contribution in [3.63, 3.8) is 0 Å². The Morgan fingerprint density at radius 3 is 2.79 bits per heavy atom. The van der Waals surface area contributed by atoms with Gasteiger partial charge in [0.1, 0.15) is 0 Å². The van der Waals surface area contributed by atoms with E-state index in [0.29, 0.717) is 12.3 Å². The first kappa shape index (κ1) is 14.1. The van der Waals surface area contributed by atoms with E-state index in [4.69, 9.17) is 0 Å². The molecule has 1 amide bonds. The van der Waals surface area contributed by atoms with Crippen molar-refractivity contribution in [3.05, 3.63) is 35.9 Å². The molecule has 1 aromatic carbocycles. The van der Waals surface area contributed by atoms with Crippen molar-refractivity contribution < 1.29 is 4.79 Å². The second-order valence-corrected chi connectivity index (χ2v) is 5.47. The van der Waals surface area contributed by atoms with Gasteiger partial charge in [-0.25, -0.2) is 0 Å². The molecule has 0 spiro atoms. The fourth-order valence-electron chi connectivity index (χ4n) is 2.89. The third-order valence-electron chi connectivity index (χ3n) is 3.93. The molecule has 0 aromatic heterocycles. The van der Waals surface area contributed by atoms with Crippen LogP contribution >= 0.6 is 0 Å². The Kier molecular flexibility index (Phi) is 4.97. The first-order valence-electron chi connectivity index (χ1n) is 7.23. The molecule has 19 heavy (non-hydrogen) atoms. The molecule has 3 nitrogen and oxygen atoms in total. The van der Waals surface area contributed by atoms with Crippen molar-refractivity contribution in [3.8, 4) is 0 Å². The van der Waals surface area contributed by atoms with Gasteiger partial charge in [0, 0.05) is 13.0 Å². The van der Waals surface area contributed by atoms with E-state index >= 15 is 0 Å². The summed E-state index contributed by atoms with van der Waals surface area (Å²) in [6.45, 7) is 4.13. The Balaban J connectivity index is 2.16. The molecule has 0 saturated carbocycles. The number of hydrogen-bond acceptors (Lipinski definition) is 2. The topological polar surface area (TPSA) is 32.3 Å². The van der Waals surface area contributed by atoms with Crippen LogP contribution in [0.15, 0.2) is 30.3 Å². The Bertz CT molecular complexity index is 404. The molecule has 1 aromatic rings. The van der Waals surface area contributed by atoms with E-state index in [9.17, 15) is 4.79 Å². The number of nitrogens with zero attached hydrogens (tertiary/aromatic N) is 1. The zero-order valence-electron chi connectivity index (χ0n) is 11.9. The van der Waals surface area contributed by atoms with Crippen molar-refractivity contribution >= 4 is 5.91 Å². The van der Waals surface area contributed by atoms with Gasteiger partial charge in [-0.15, -0.1) is 0 Å². The summed E-state index contributed by atoms with van der Waals surface area (Å²) in [6.07, 6.45) is 2.95. The Labute approximate surface area is 116 Å². The molecule has 0 aliphatic carbocycles. The van der Waals surface area contributed by atoms with E-state index in [2.05, 4.69) is 29.4 Å². The van der Waals surface area contributed by atoms with Crippen LogP contribution in [0.2, 0.25) is 0 Å². The molecule has 2 unspecified atom stereocenters. The largest absolute Gasteiger partial charge is 0.349 e. The highest BCUT2D eigenvalue weighted by Gasteiger charge is 2.27. The number of nitrogens with one attached hydrogen (secondary N) is 1. The third kappa shape index (κ3) is 3.80. The van der Waals surface area contributed by atoms with Crippen LogP contribution in [0.3, 0.4) is 0 Å². The Morgan fingerprint density at radius 2 is 2.16 bits per heavy atom. The van der Waals surface area contributed by atoms with Crippen LogP contribution in [0, 0.1) is 5.92 Å². The number of rotatable bonds is 4. The van der Waals surface area contributed by atoms with Crippen LogP contribution in [0.1, 0.15) is 37.8 Å². The van der Waals surface area contributed by atoms with Crippen molar-refractivity contribution in [2.45, 2.75) is 32.2 Å². The van der Waals surface area contributed by atoms with Gasteiger partial charge < -0.3 is 10.2 Å². The number of piperidine rings is 1. The SMILES string of the molecule is CCC(=O)NC(c1ccccc1)C1CCCN(C)C1. The first-order chi connectivity index (χ1) is 9.20. The number of hydrogen-bond donors (Lipinski definition) is 1. The lowest BCUT2D eigenvalue weighted by atomic mass is 9.86. The molecule has 104 valence electrons. The second-order valence-electron chi connectivity index (χ2n) is 5.47. The number of carbonyl (C=O) groups excluding carboxylic acids is 1. The molecule has 1 N–H and O–H groups in total. The zero-order valence-corrected chi connectivity index (χ0v) is 11.9. The van der Waals surface area contributed by atoms with E-state index in [1.54, 1.807) is 0 Å². The van der Waals surface area contributed by atoms with E-state index in [1.165, 1.54) is 24.9 Å². The first-order valence-corrected chi connectivity index (χ1v) is 7.23. The molecule has 3 heteroatoms. The quantitative estimate of drug-likeness (QED) is 0.902. The van der Waals surface area contributed by atoms with Crippen LogP contribution < -0.4 is 5.32 Å². The van der Waals surface area contributed by atoms with Crippen molar-refractivity contribution in [2.75, 3.05) is 20.1 Å². The minimum absolute atomic E-state index is 0.141. The summed E-state index contributed by atoms with van der Waals surface area (Å²) in [5, 5.41) is 3.21. The van der Waals surface area contributed by atoms with Gasteiger partial charge in [-0.2, -0.15) is 0 Å². The lowest BCUT2D eigenvalue weighted by molar-refractivity contribution is -0.122.